The number of hydrogen-bond acceptors (Lipinski definition) is 5. The lowest BCUT2D eigenvalue weighted by molar-refractivity contribution is 0.0678. The minimum atomic E-state index is -0.0769. The van der Waals surface area contributed by atoms with Gasteiger partial charge in [0.25, 0.3) is 5.91 Å². The molecule has 2 aromatic rings. The predicted octanol–water partition coefficient (Wildman–Crippen LogP) is 1.58. The van der Waals surface area contributed by atoms with Crippen molar-refractivity contribution in [2.75, 3.05) is 18.5 Å². The van der Waals surface area contributed by atoms with Crippen LogP contribution in [0.2, 0.25) is 0 Å². The van der Waals surface area contributed by atoms with Crippen LogP contribution in [0.25, 0.3) is 0 Å². The van der Waals surface area contributed by atoms with Gasteiger partial charge in [0.1, 0.15) is 5.82 Å². The Labute approximate surface area is 141 Å². The monoisotopic (exact) mass is 329 g/mol. The molecule has 0 spiro atoms. The third kappa shape index (κ3) is 3.41. The van der Waals surface area contributed by atoms with E-state index in [1.165, 1.54) is 0 Å². The number of hydrogen-bond donors (Lipinski definition) is 3. The number of carbonyl (C=O) groups excluding carboxylic acids is 1. The summed E-state index contributed by atoms with van der Waals surface area (Å²) < 4.78 is 0. The van der Waals surface area contributed by atoms with E-state index >= 15 is 0 Å². The second-order valence-corrected chi connectivity index (χ2v) is 5.93. The molecule has 7 nitrogen and oxygen atoms in total. The second kappa shape index (κ2) is 7.44. The highest BCUT2D eigenvalue weighted by Crippen LogP contribution is 2.24. The summed E-state index contributed by atoms with van der Waals surface area (Å²) in [5.41, 5.74) is 1.38. The van der Waals surface area contributed by atoms with E-state index in [2.05, 4.69) is 20.5 Å². The van der Waals surface area contributed by atoms with Crippen LogP contribution in [0.15, 0.2) is 24.3 Å². The van der Waals surface area contributed by atoms with Gasteiger partial charge in [-0.1, -0.05) is 19.1 Å². The molecule has 128 valence electrons. The number of anilines is 1. The summed E-state index contributed by atoms with van der Waals surface area (Å²) in [5.74, 6) is 1.48. The number of benzene rings is 1. The quantitative estimate of drug-likeness (QED) is 0.748. The molecule has 3 N–H and O–H groups in total. The number of para-hydroxylation sites is 1. The van der Waals surface area contributed by atoms with Crippen LogP contribution < -0.4 is 5.32 Å². The number of carbonyl (C=O) groups is 1. The van der Waals surface area contributed by atoms with Crippen molar-refractivity contribution < 1.29 is 9.90 Å². The van der Waals surface area contributed by atoms with E-state index in [-0.39, 0.29) is 18.6 Å². The summed E-state index contributed by atoms with van der Waals surface area (Å²) >= 11 is 0. The van der Waals surface area contributed by atoms with E-state index < -0.39 is 0 Å². The summed E-state index contributed by atoms with van der Waals surface area (Å²) in [5, 5.41) is 19.7. The number of nitrogens with zero attached hydrogens (tertiary/aromatic N) is 3. The SMILES string of the molecule is CCc1n[nH]c(CNc2ccccc2C(=O)N2CCC[C@@H]2CO)n1. The van der Waals surface area contributed by atoms with Gasteiger partial charge in [0.2, 0.25) is 0 Å². The summed E-state index contributed by atoms with van der Waals surface area (Å²) in [6, 6.07) is 7.37. The largest absolute Gasteiger partial charge is 0.394 e. The zero-order valence-electron chi connectivity index (χ0n) is 13.8. The lowest BCUT2D eigenvalue weighted by atomic mass is 10.1. The number of aromatic amines is 1. The second-order valence-electron chi connectivity index (χ2n) is 5.93. The topological polar surface area (TPSA) is 94.1 Å². The first-order valence-electron chi connectivity index (χ1n) is 8.37. The zero-order valence-corrected chi connectivity index (χ0v) is 13.8. The Hall–Kier alpha value is -2.41. The predicted molar refractivity (Wildman–Crippen MR) is 90.7 cm³/mol. The minimum Gasteiger partial charge on any atom is -0.394 e. The van der Waals surface area contributed by atoms with Crippen molar-refractivity contribution in [1.82, 2.24) is 20.1 Å². The maximum atomic E-state index is 12.8. The first-order chi connectivity index (χ1) is 11.7. The molecular weight excluding hydrogens is 306 g/mol. The van der Waals surface area contributed by atoms with Crippen molar-refractivity contribution in [3.63, 3.8) is 0 Å². The number of amides is 1. The highest BCUT2D eigenvalue weighted by molar-refractivity contribution is 5.99. The van der Waals surface area contributed by atoms with Crippen LogP contribution >= 0.6 is 0 Å². The van der Waals surface area contributed by atoms with Gasteiger partial charge in [-0.2, -0.15) is 5.10 Å². The van der Waals surface area contributed by atoms with E-state index in [9.17, 15) is 9.90 Å². The van der Waals surface area contributed by atoms with E-state index in [0.29, 0.717) is 18.7 Å². The van der Waals surface area contributed by atoms with Crippen molar-refractivity contribution in [2.24, 2.45) is 0 Å². The average molecular weight is 329 g/mol. The van der Waals surface area contributed by atoms with Crippen molar-refractivity contribution in [1.29, 1.82) is 0 Å². The standard InChI is InChI=1S/C17H23N5O2/c1-2-15-19-16(21-20-15)10-18-14-8-4-3-7-13(14)17(24)22-9-5-6-12(22)11-23/h3-4,7-8,12,18,23H,2,5-6,9-11H2,1H3,(H,19,20,21)/t12-/m1/s1. The molecule has 1 aliphatic rings. The van der Waals surface area contributed by atoms with Gasteiger partial charge in [0, 0.05) is 18.7 Å². The molecule has 1 aliphatic heterocycles. The molecule has 24 heavy (non-hydrogen) atoms. The summed E-state index contributed by atoms with van der Waals surface area (Å²) in [7, 11) is 0. The van der Waals surface area contributed by atoms with Crippen LogP contribution in [0.4, 0.5) is 5.69 Å². The van der Waals surface area contributed by atoms with Gasteiger partial charge in [0.15, 0.2) is 5.82 Å². The lowest BCUT2D eigenvalue weighted by Crippen LogP contribution is -2.37. The highest BCUT2D eigenvalue weighted by atomic mass is 16.3. The Morgan fingerprint density at radius 3 is 3.04 bits per heavy atom. The fourth-order valence-electron chi connectivity index (χ4n) is 3.02. The van der Waals surface area contributed by atoms with Gasteiger partial charge in [-0.3, -0.25) is 9.89 Å². The van der Waals surface area contributed by atoms with Crippen molar-refractivity contribution in [2.45, 2.75) is 38.8 Å². The van der Waals surface area contributed by atoms with Crippen LogP contribution in [0, 0.1) is 0 Å². The number of rotatable bonds is 6. The van der Waals surface area contributed by atoms with Crippen LogP contribution in [-0.4, -0.2) is 50.3 Å². The third-order valence-electron chi connectivity index (χ3n) is 4.35. The number of aryl methyl sites for hydroxylation is 1. The summed E-state index contributed by atoms with van der Waals surface area (Å²) in [6.07, 6.45) is 2.57. The van der Waals surface area contributed by atoms with E-state index in [4.69, 9.17) is 0 Å². The van der Waals surface area contributed by atoms with Crippen LogP contribution in [0.3, 0.4) is 0 Å². The van der Waals surface area contributed by atoms with Crippen molar-refractivity contribution in [3.8, 4) is 0 Å². The van der Waals surface area contributed by atoms with Gasteiger partial charge < -0.3 is 15.3 Å². The van der Waals surface area contributed by atoms with Gasteiger partial charge in [-0.05, 0) is 25.0 Å². The molecule has 0 aliphatic carbocycles. The number of aliphatic hydroxyl groups excluding tert-OH is 1. The molecule has 0 saturated carbocycles. The van der Waals surface area contributed by atoms with Gasteiger partial charge in [-0.25, -0.2) is 4.98 Å². The minimum absolute atomic E-state index is 0.0131. The molecule has 1 saturated heterocycles. The average Bonchev–Trinajstić information content (AvgIpc) is 3.28. The van der Waals surface area contributed by atoms with Gasteiger partial charge in [-0.15, -0.1) is 0 Å². The van der Waals surface area contributed by atoms with E-state index in [1.54, 1.807) is 4.90 Å². The highest BCUT2D eigenvalue weighted by Gasteiger charge is 2.29. The first kappa shape index (κ1) is 16.4. The maximum absolute atomic E-state index is 12.8. The molecule has 1 atom stereocenters. The van der Waals surface area contributed by atoms with Crippen LogP contribution in [0.5, 0.6) is 0 Å². The number of aliphatic hydroxyl groups is 1. The molecule has 1 aromatic carbocycles. The summed E-state index contributed by atoms with van der Waals surface area (Å²) in [6.45, 7) is 3.18. The molecule has 0 bridgehead atoms. The number of H-pyrrole nitrogens is 1. The van der Waals surface area contributed by atoms with Crippen molar-refractivity contribution in [3.05, 3.63) is 41.5 Å². The molecule has 1 fully saturated rings. The fourth-order valence-corrected chi connectivity index (χ4v) is 3.02. The van der Waals surface area contributed by atoms with Crippen LogP contribution in [0.1, 0.15) is 41.8 Å². The summed E-state index contributed by atoms with van der Waals surface area (Å²) in [4.78, 5) is 19.0. The number of likely N-dealkylation sites (tertiary alicyclic amines) is 1. The van der Waals surface area contributed by atoms with E-state index in [1.807, 2.05) is 31.2 Å². The van der Waals surface area contributed by atoms with E-state index in [0.717, 1.165) is 36.6 Å². The normalized spacial score (nSPS) is 17.2. The first-order valence-corrected chi connectivity index (χ1v) is 8.37. The maximum Gasteiger partial charge on any atom is 0.256 e. The Bertz CT molecular complexity index is 700. The third-order valence-corrected chi connectivity index (χ3v) is 4.35. The molecular formula is C17H23N5O2. The van der Waals surface area contributed by atoms with Gasteiger partial charge >= 0.3 is 0 Å². The molecule has 2 heterocycles. The molecule has 3 rings (SSSR count). The molecule has 1 aromatic heterocycles. The Balaban J connectivity index is 1.73. The molecule has 7 heteroatoms. The molecule has 0 unspecified atom stereocenters. The Morgan fingerprint density at radius 2 is 2.29 bits per heavy atom. The Morgan fingerprint density at radius 1 is 1.46 bits per heavy atom. The molecule has 0 radical (unpaired) electrons. The van der Waals surface area contributed by atoms with Gasteiger partial charge in [0.05, 0.1) is 24.8 Å². The smallest absolute Gasteiger partial charge is 0.256 e. The van der Waals surface area contributed by atoms with Crippen LogP contribution in [-0.2, 0) is 13.0 Å². The number of nitrogens with one attached hydrogen (secondary N) is 2. The Kier molecular flexibility index (Phi) is 5.10. The fraction of sp³-hybridized carbons (Fsp3) is 0.471. The lowest BCUT2D eigenvalue weighted by Gasteiger charge is -2.24. The van der Waals surface area contributed by atoms with Crippen molar-refractivity contribution >= 4 is 11.6 Å². The zero-order chi connectivity index (χ0) is 16.9. The number of aromatic nitrogens is 3. The molecule has 1 amide bonds.